The second-order valence-corrected chi connectivity index (χ2v) is 7.64. The maximum Gasteiger partial charge on any atom is 0.546 e. The molecule has 0 saturated heterocycles. The Morgan fingerprint density at radius 2 is 1.77 bits per heavy atom. The summed E-state index contributed by atoms with van der Waals surface area (Å²) in [5.74, 6) is -0.410. The Morgan fingerprint density at radius 3 is 2.39 bits per heavy atom. The molecule has 0 saturated carbocycles. The lowest BCUT2D eigenvalue weighted by Gasteiger charge is -2.19. The molecule has 1 amide bonds. The van der Waals surface area contributed by atoms with Gasteiger partial charge in [0.05, 0.1) is 6.04 Å². The molecule has 0 aliphatic heterocycles. The fourth-order valence-electron chi connectivity index (χ4n) is 3.07. The number of amides is 1. The number of hydrogen-bond donors (Lipinski definition) is 3. The summed E-state index contributed by atoms with van der Waals surface area (Å²) in [6.45, 7) is 0. The van der Waals surface area contributed by atoms with Crippen molar-refractivity contribution in [3.8, 4) is 5.95 Å². The van der Waals surface area contributed by atoms with E-state index in [1.165, 1.54) is 23.0 Å². The zero-order chi connectivity index (χ0) is 21.8. The monoisotopic (exact) mass is 434 g/mol. The van der Waals surface area contributed by atoms with Gasteiger partial charge in [-0.05, 0) is 33.9 Å². The normalized spacial score (nSPS) is 12.2. The average Bonchev–Trinajstić information content (AvgIpc) is 3.33. The van der Waals surface area contributed by atoms with Gasteiger partial charge in [-0.25, -0.2) is 9.67 Å². The molecule has 0 aliphatic rings. The van der Waals surface area contributed by atoms with Crippen molar-refractivity contribution >= 4 is 19.2 Å². The van der Waals surface area contributed by atoms with Gasteiger partial charge in [0.2, 0.25) is 11.3 Å². The maximum absolute atomic E-state index is 12.9. The number of H-pyrrole nitrogens is 1. The van der Waals surface area contributed by atoms with E-state index in [-0.39, 0.29) is 16.8 Å². The first kappa shape index (κ1) is 20.3. The van der Waals surface area contributed by atoms with Gasteiger partial charge in [-0.1, -0.05) is 42.5 Å². The molecule has 0 radical (unpaired) electrons. The van der Waals surface area contributed by atoms with Crippen molar-refractivity contribution in [1.29, 1.82) is 0 Å². The third kappa shape index (κ3) is 4.48. The summed E-state index contributed by atoms with van der Waals surface area (Å²) in [6, 6.07) is 16.7. The van der Waals surface area contributed by atoms with E-state index in [1.54, 1.807) is 30.6 Å². The topological polar surface area (TPSA) is 130 Å². The van der Waals surface area contributed by atoms with Crippen LogP contribution in [0.5, 0.6) is 0 Å². The second kappa shape index (κ2) is 8.83. The van der Waals surface area contributed by atoms with Gasteiger partial charge in [-0.15, -0.1) is 0 Å². The Morgan fingerprint density at radius 1 is 1.06 bits per heavy atom. The van der Waals surface area contributed by atoms with Gasteiger partial charge < -0.3 is 5.32 Å². The molecule has 9 nitrogen and oxygen atoms in total. The maximum atomic E-state index is 12.9. The van der Waals surface area contributed by atoms with Crippen LogP contribution in [-0.2, 0) is 4.57 Å². The van der Waals surface area contributed by atoms with Crippen LogP contribution in [0.2, 0.25) is 0 Å². The molecular formula is C21H17N5O4P+. The van der Waals surface area contributed by atoms with E-state index in [4.69, 9.17) is 0 Å². The van der Waals surface area contributed by atoms with E-state index in [2.05, 4.69) is 20.4 Å². The third-order valence-electron chi connectivity index (χ3n) is 4.61. The number of benzene rings is 2. The number of carbonyl (C=O) groups is 1. The zero-order valence-electron chi connectivity index (χ0n) is 16.0. The van der Waals surface area contributed by atoms with E-state index < -0.39 is 25.5 Å². The molecule has 2 aromatic heterocycles. The number of aromatic nitrogens is 4. The summed E-state index contributed by atoms with van der Waals surface area (Å²) in [5, 5.41) is 7.13. The summed E-state index contributed by atoms with van der Waals surface area (Å²) >= 11 is 0. The van der Waals surface area contributed by atoms with Crippen LogP contribution in [0, 0.1) is 0 Å². The molecule has 2 atom stereocenters. The van der Waals surface area contributed by atoms with Crippen LogP contribution in [0.25, 0.3) is 5.95 Å². The molecular weight excluding hydrogens is 417 g/mol. The lowest BCUT2D eigenvalue weighted by Crippen LogP contribution is -2.34. The van der Waals surface area contributed by atoms with Crippen LogP contribution in [0.3, 0.4) is 0 Å². The summed E-state index contributed by atoms with van der Waals surface area (Å²) in [4.78, 5) is 41.3. The number of aromatic amines is 1. The van der Waals surface area contributed by atoms with Gasteiger partial charge in [0.1, 0.15) is 5.56 Å². The number of nitrogens with one attached hydrogen (secondary N) is 2. The van der Waals surface area contributed by atoms with Gasteiger partial charge in [0.25, 0.3) is 11.5 Å². The molecule has 2 aromatic carbocycles. The lowest BCUT2D eigenvalue weighted by molar-refractivity contribution is 0.0941. The number of hydrogen-bond acceptors (Lipinski definition) is 5. The standard InChI is InChI=1S/C21H16N5O4P/c27-19(17-13-22-21(25-20(17)28)26-12-4-11-23-26)24-18(14-5-2-1-3-6-14)15-7-9-16(10-8-15)31(29)30/h1-13,18H,(H2-,22,24,25,27,28,29,30)/p+1. The smallest absolute Gasteiger partial charge is 0.341 e. The number of nitrogens with zero attached hydrogens (tertiary/aromatic N) is 3. The van der Waals surface area contributed by atoms with E-state index in [1.807, 2.05) is 30.3 Å². The highest BCUT2D eigenvalue weighted by Gasteiger charge is 2.22. The van der Waals surface area contributed by atoms with Crippen LogP contribution in [0.1, 0.15) is 27.5 Å². The number of carbonyl (C=O) groups excluding carboxylic acids is 1. The highest BCUT2D eigenvalue weighted by molar-refractivity contribution is 7.47. The van der Waals surface area contributed by atoms with Gasteiger partial charge in [0.15, 0.2) is 0 Å². The molecule has 154 valence electrons. The molecule has 0 aliphatic carbocycles. The largest absolute Gasteiger partial charge is 0.546 e. The Bertz CT molecular complexity index is 1270. The van der Waals surface area contributed by atoms with Gasteiger partial charge >= 0.3 is 8.03 Å². The molecule has 0 spiro atoms. The minimum absolute atomic E-state index is 0.146. The third-order valence-corrected chi connectivity index (χ3v) is 5.35. The minimum atomic E-state index is -2.46. The fraction of sp³-hybridized carbons (Fsp3) is 0.0476. The molecule has 2 heterocycles. The first-order valence-electron chi connectivity index (χ1n) is 9.24. The van der Waals surface area contributed by atoms with Gasteiger partial charge in [-0.3, -0.25) is 14.6 Å². The van der Waals surface area contributed by atoms with Crippen molar-refractivity contribution in [3.63, 3.8) is 0 Å². The minimum Gasteiger partial charge on any atom is -0.341 e. The molecule has 0 bridgehead atoms. The Labute approximate surface area is 177 Å². The van der Waals surface area contributed by atoms with Crippen molar-refractivity contribution < 1.29 is 14.3 Å². The van der Waals surface area contributed by atoms with E-state index in [0.29, 0.717) is 5.56 Å². The SMILES string of the molecule is O=C(NC(c1ccccc1)c1ccc([P+](=O)O)cc1)c1cnc(-n2cccn2)[nH]c1=O. The quantitative estimate of drug-likeness (QED) is 0.397. The second-order valence-electron chi connectivity index (χ2n) is 6.58. The van der Waals surface area contributed by atoms with Crippen molar-refractivity contribution in [1.82, 2.24) is 25.1 Å². The zero-order valence-corrected chi connectivity index (χ0v) is 16.9. The predicted molar refractivity (Wildman–Crippen MR) is 114 cm³/mol. The van der Waals surface area contributed by atoms with E-state index >= 15 is 0 Å². The number of rotatable bonds is 6. The lowest BCUT2D eigenvalue weighted by atomic mass is 9.98. The van der Waals surface area contributed by atoms with Gasteiger partial charge in [0, 0.05) is 18.6 Å². The molecule has 0 fully saturated rings. The van der Waals surface area contributed by atoms with Crippen molar-refractivity contribution in [2.45, 2.75) is 6.04 Å². The molecule has 10 heteroatoms. The van der Waals surface area contributed by atoms with Crippen molar-refractivity contribution in [2.75, 3.05) is 0 Å². The Balaban J connectivity index is 1.65. The predicted octanol–water partition coefficient (Wildman–Crippen LogP) is 1.83. The van der Waals surface area contributed by atoms with Crippen LogP contribution < -0.4 is 16.2 Å². The van der Waals surface area contributed by atoms with Crippen molar-refractivity contribution in [2.24, 2.45) is 0 Å². The first-order valence-corrected chi connectivity index (χ1v) is 10.5. The molecule has 3 N–H and O–H groups in total. The average molecular weight is 434 g/mol. The highest BCUT2D eigenvalue weighted by atomic mass is 31.1. The van der Waals surface area contributed by atoms with E-state index in [9.17, 15) is 19.0 Å². The first-order chi connectivity index (χ1) is 15.0. The summed E-state index contributed by atoms with van der Waals surface area (Å²) in [5.41, 5.74) is 0.733. The molecule has 2 unspecified atom stereocenters. The van der Waals surface area contributed by atoms with Gasteiger partial charge in [-0.2, -0.15) is 9.99 Å². The van der Waals surface area contributed by atoms with E-state index in [0.717, 1.165) is 5.56 Å². The Hall–Kier alpha value is -3.94. The van der Waals surface area contributed by atoms with Crippen LogP contribution in [0.15, 0.2) is 84.0 Å². The van der Waals surface area contributed by atoms with Crippen LogP contribution in [0.4, 0.5) is 0 Å². The summed E-state index contributed by atoms with van der Waals surface area (Å²) in [7, 11) is -2.46. The Kier molecular flexibility index (Phi) is 5.79. The fourth-order valence-corrected chi connectivity index (χ4v) is 3.47. The molecule has 4 aromatic rings. The van der Waals surface area contributed by atoms with Crippen LogP contribution >= 0.6 is 8.03 Å². The highest BCUT2D eigenvalue weighted by Crippen LogP contribution is 2.23. The molecule has 31 heavy (non-hydrogen) atoms. The summed E-state index contributed by atoms with van der Waals surface area (Å²) < 4.78 is 12.7. The van der Waals surface area contributed by atoms with Crippen molar-refractivity contribution in [3.05, 3.63) is 106 Å². The summed E-state index contributed by atoms with van der Waals surface area (Å²) in [6.07, 6.45) is 4.36. The molecule has 4 rings (SSSR count). The van der Waals surface area contributed by atoms with Crippen LogP contribution in [-0.4, -0.2) is 30.5 Å².